The van der Waals surface area contributed by atoms with Crippen LogP contribution in [0.2, 0.25) is 0 Å². The van der Waals surface area contributed by atoms with E-state index in [0.29, 0.717) is 6.04 Å². The van der Waals surface area contributed by atoms with E-state index in [4.69, 9.17) is 0 Å². The standard InChI is InChI=1S/C17H31N3/c1-14(2)15-8-11-20(12-15)10-5-4-9-17(3,13-18)19-16-6-7-16/h14-16,19H,4-12H2,1-3H3. The van der Waals surface area contributed by atoms with Gasteiger partial charge in [-0.15, -0.1) is 0 Å². The van der Waals surface area contributed by atoms with E-state index < -0.39 is 0 Å². The van der Waals surface area contributed by atoms with E-state index >= 15 is 0 Å². The largest absolute Gasteiger partial charge is 0.303 e. The van der Waals surface area contributed by atoms with Gasteiger partial charge < -0.3 is 4.90 Å². The summed E-state index contributed by atoms with van der Waals surface area (Å²) in [5.41, 5.74) is -0.299. The first-order valence-electron chi connectivity index (χ1n) is 8.44. The second kappa shape index (κ2) is 6.91. The molecule has 1 heterocycles. The Bertz CT molecular complexity index is 343. The Hall–Kier alpha value is -0.590. The minimum Gasteiger partial charge on any atom is -0.303 e. The van der Waals surface area contributed by atoms with Crippen LogP contribution in [0.3, 0.4) is 0 Å². The van der Waals surface area contributed by atoms with Crippen LogP contribution in [0.5, 0.6) is 0 Å². The van der Waals surface area contributed by atoms with E-state index in [2.05, 4.69) is 37.1 Å². The summed E-state index contributed by atoms with van der Waals surface area (Å²) in [7, 11) is 0. The molecule has 0 aromatic carbocycles. The van der Waals surface area contributed by atoms with E-state index in [9.17, 15) is 5.26 Å². The molecule has 2 unspecified atom stereocenters. The summed E-state index contributed by atoms with van der Waals surface area (Å²) in [5.74, 6) is 1.72. The van der Waals surface area contributed by atoms with Crippen molar-refractivity contribution in [3.63, 3.8) is 0 Å². The molecule has 1 N–H and O–H groups in total. The van der Waals surface area contributed by atoms with Gasteiger partial charge in [0, 0.05) is 12.6 Å². The first kappa shape index (κ1) is 15.8. The lowest BCUT2D eigenvalue weighted by Crippen LogP contribution is -2.42. The van der Waals surface area contributed by atoms with Gasteiger partial charge in [0.2, 0.25) is 0 Å². The van der Waals surface area contributed by atoms with E-state index in [1.54, 1.807) is 0 Å². The fraction of sp³-hybridized carbons (Fsp3) is 0.941. The molecule has 1 aliphatic heterocycles. The van der Waals surface area contributed by atoms with Crippen molar-refractivity contribution < 1.29 is 0 Å². The molecule has 3 heteroatoms. The minimum absolute atomic E-state index is 0.299. The molecule has 0 radical (unpaired) electrons. The second-order valence-electron chi connectivity index (χ2n) is 7.41. The van der Waals surface area contributed by atoms with Gasteiger partial charge in [0.05, 0.1) is 6.07 Å². The van der Waals surface area contributed by atoms with Crippen molar-refractivity contribution in [2.24, 2.45) is 11.8 Å². The van der Waals surface area contributed by atoms with E-state index in [0.717, 1.165) is 24.7 Å². The van der Waals surface area contributed by atoms with Crippen molar-refractivity contribution in [2.75, 3.05) is 19.6 Å². The lowest BCUT2D eigenvalue weighted by molar-refractivity contribution is 0.290. The van der Waals surface area contributed by atoms with Crippen molar-refractivity contribution in [1.82, 2.24) is 10.2 Å². The van der Waals surface area contributed by atoms with Crippen LogP contribution in [0.25, 0.3) is 0 Å². The lowest BCUT2D eigenvalue weighted by Gasteiger charge is -2.24. The van der Waals surface area contributed by atoms with Gasteiger partial charge in [-0.2, -0.15) is 5.26 Å². The smallest absolute Gasteiger partial charge is 0.104 e. The van der Waals surface area contributed by atoms with Gasteiger partial charge in [-0.1, -0.05) is 13.8 Å². The van der Waals surface area contributed by atoms with E-state index in [-0.39, 0.29) is 5.54 Å². The number of nitriles is 1. The highest BCUT2D eigenvalue weighted by atomic mass is 15.1. The highest BCUT2D eigenvalue weighted by Crippen LogP contribution is 2.26. The maximum Gasteiger partial charge on any atom is 0.104 e. The Morgan fingerprint density at radius 3 is 2.60 bits per heavy atom. The Kier molecular flexibility index (Phi) is 5.46. The fourth-order valence-corrected chi connectivity index (χ4v) is 3.26. The van der Waals surface area contributed by atoms with Gasteiger partial charge in [-0.3, -0.25) is 5.32 Å². The SMILES string of the molecule is CC(C)C1CCN(CCCCC(C)(C#N)NC2CC2)C1. The highest BCUT2D eigenvalue weighted by molar-refractivity contribution is 5.06. The maximum absolute atomic E-state index is 9.35. The Labute approximate surface area is 124 Å². The van der Waals surface area contributed by atoms with Crippen LogP contribution >= 0.6 is 0 Å². The number of nitrogens with zero attached hydrogens (tertiary/aromatic N) is 2. The molecule has 1 saturated heterocycles. The minimum atomic E-state index is -0.299. The van der Waals surface area contributed by atoms with Crippen molar-refractivity contribution in [2.45, 2.75) is 70.9 Å². The molecule has 0 bridgehead atoms. The zero-order valence-electron chi connectivity index (χ0n) is 13.5. The van der Waals surface area contributed by atoms with Gasteiger partial charge in [-0.25, -0.2) is 0 Å². The summed E-state index contributed by atoms with van der Waals surface area (Å²) < 4.78 is 0. The number of hydrogen-bond donors (Lipinski definition) is 1. The first-order chi connectivity index (χ1) is 9.52. The molecule has 0 aromatic rings. The molecule has 2 rings (SSSR count). The quantitative estimate of drug-likeness (QED) is 0.693. The van der Waals surface area contributed by atoms with Crippen molar-refractivity contribution in [1.29, 1.82) is 5.26 Å². The third kappa shape index (κ3) is 4.75. The zero-order chi connectivity index (χ0) is 14.6. The highest BCUT2D eigenvalue weighted by Gasteiger charge is 2.32. The van der Waals surface area contributed by atoms with Crippen molar-refractivity contribution in [3.8, 4) is 6.07 Å². The molecule has 2 fully saturated rings. The topological polar surface area (TPSA) is 39.1 Å². The van der Waals surface area contributed by atoms with Crippen LogP contribution in [0.4, 0.5) is 0 Å². The van der Waals surface area contributed by atoms with Gasteiger partial charge in [0.15, 0.2) is 0 Å². The molecule has 0 spiro atoms. The molecule has 2 atom stereocenters. The molecular weight excluding hydrogens is 246 g/mol. The van der Waals surface area contributed by atoms with Crippen LogP contribution in [0.1, 0.15) is 59.3 Å². The molecule has 20 heavy (non-hydrogen) atoms. The average molecular weight is 277 g/mol. The Morgan fingerprint density at radius 1 is 1.30 bits per heavy atom. The summed E-state index contributed by atoms with van der Waals surface area (Å²) in [5, 5.41) is 12.8. The number of likely N-dealkylation sites (tertiary alicyclic amines) is 1. The van der Waals surface area contributed by atoms with Gasteiger partial charge >= 0.3 is 0 Å². The number of unbranched alkanes of at least 4 members (excludes halogenated alkanes) is 1. The summed E-state index contributed by atoms with van der Waals surface area (Å²) >= 11 is 0. The molecule has 2 aliphatic rings. The van der Waals surface area contributed by atoms with Crippen molar-refractivity contribution >= 4 is 0 Å². The number of hydrogen-bond acceptors (Lipinski definition) is 3. The van der Waals surface area contributed by atoms with Gasteiger partial charge in [-0.05, 0) is 70.4 Å². The fourth-order valence-electron chi connectivity index (χ4n) is 3.26. The first-order valence-corrected chi connectivity index (χ1v) is 8.44. The molecular formula is C17H31N3. The van der Waals surface area contributed by atoms with E-state index in [1.165, 1.54) is 45.3 Å². The second-order valence-corrected chi connectivity index (χ2v) is 7.41. The summed E-state index contributed by atoms with van der Waals surface area (Å²) in [4.78, 5) is 2.61. The Morgan fingerprint density at radius 2 is 2.05 bits per heavy atom. The van der Waals surface area contributed by atoms with Gasteiger partial charge in [0.1, 0.15) is 5.54 Å². The average Bonchev–Trinajstić information content (AvgIpc) is 3.08. The van der Waals surface area contributed by atoms with Crippen molar-refractivity contribution in [3.05, 3.63) is 0 Å². The lowest BCUT2D eigenvalue weighted by atomic mass is 9.95. The Balaban J connectivity index is 1.60. The van der Waals surface area contributed by atoms with Crippen LogP contribution in [-0.2, 0) is 0 Å². The van der Waals surface area contributed by atoms with Crippen LogP contribution in [0, 0.1) is 23.2 Å². The maximum atomic E-state index is 9.35. The molecule has 1 saturated carbocycles. The van der Waals surface area contributed by atoms with Crippen LogP contribution in [-0.4, -0.2) is 36.1 Å². The molecule has 0 amide bonds. The van der Waals surface area contributed by atoms with E-state index in [1.807, 2.05) is 0 Å². The van der Waals surface area contributed by atoms with Gasteiger partial charge in [0.25, 0.3) is 0 Å². The molecule has 3 nitrogen and oxygen atoms in total. The predicted octanol–water partition coefficient (Wildman–Crippen LogP) is 3.17. The van der Waals surface area contributed by atoms with Crippen LogP contribution in [0.15, 0.2) is 0 Å². The normalized spacial score (nSPS) is 26.6. The van der Waals surface area contributed by atoms with Crippen LogP contribution < -0.4 is 5.32 Å². The zero-order valence-corrected chi connectivity index (χ0v) is 13.5. The third-order valence-corrected chi connectivity index (χ3v) is 5.00. The summed E-state index contributed by atoms with van der Waals surface area (Å²) in [6.07, 6.45) is 7.25. The molecule has 1 aliphatic carbocycles. The molecule has 114 valence electrons. The molecule has 0 aromatic heterocycles. The number of rotatable bonds is 8. The summed E-state index contributed by atoms with van der Waals surface area (Å²) in [6, 6.07) is 3.09. The number of nitrogens with one attached hydrogen (secondary N) is 1. The third-order valence-electron chi connectivity index (χ3n) is 5.00. The predicted molar refractivity (Wildman–Crippen MR) is 83.4 cm³/mol. The monoisotopic (exact) mass is 277 g/mol. The summed E-state index contributed by atoms with van der Waals surface area (Å²) in [6.45, 7) is 10.5.